The Balaban J connectivity index is 1.24. The molecule has 2 fully saturated rings. The zero-order chi connectivity index (χ0) is 17.8. The topological polar surface area (TPSA) is 49.0 Å². The van der Waals surface area contributed by atoms with Gasteiger partial charge in [0, 0.05) is 37.3 Å². The van der Waals surface area contributed by atoms with E-state index in [-0.39, 0.29) is 0 Å². The molecule has 26 heavy (non-hydrogen) atoms. The number of aromatic nitrogens is 2. The maximum absolute atomic E-state index is 12.6. The zero-order valence-electron chi connectivity index (χ0n) is 15.8. The molecule has 0 bridgehead atoms. The molecule has 1 N–H and O–H groups in total. The number of fused-ring (bicyclic) bond motifs is 1. The van der Waals surface area contributed by atoms with Crippen LogP contribution in [0, 0.1) is 5.92 Å². The molecule has 4 rings (SSSR count). The van der Waals surface area contributed by atoms with Gasteiger partial charge in [-0.05, 0) is 55.2 Å². The van der Waals surface area contributed by atoms with Crippen molar-refractivity contribution in [1.82, 2.24) is 14.9 Å². The Morgan fingerprint density at radius 1 is 1.15 bits per heavy atom. The molecule has 1 aliphatic carbocycles. The Bertz CT molecular complexity index is 724. The summed E-state index contributed by atoms with van der Waals surface area (Å²) in [5.41, 5.74) is 2.35. The first-order valence-electron chi connectivity index (χ1n) is 10.5. The third kappa shape index (κ3) is 3.94. The molecule has 4 heteroatoms. The average Bonchev–Trinajstić information content (AvgIpc) is 3.13. The number of hydrogen-bond donors (Lipinski definition) is 1. The standard InChI is InChI=1S/C22H31N3O/c26-21(10-4-8-17-6-2-1-3-7-17)25-14-11-18(12-15-25)20-16-24-22-19(20)9-5-13-23-22/h5,9,13,16-18H,1-4,6-8,10-12,14-15H2,(H,23,24). The molecule has 1 saturated heterocycles. The summed E-state index contributed by atoms with van der Waals surface area (Å²) in [5.74, 6) is 1.80. The van der Waals surface area contributed by atoms with E-state index in [2.05, 4.69) is 27.1 Å². The fourth-order valence-electron chi connectivity index (χ4n) is 4.93. The summed E-state index contributed by atoms with van der Waals surface area (Å²) in [5, 5.41) is 1.24. The van der Waals surface area contributed by atoms with E-state index in [1.807, 2.05) is 12.3 Å². The van der Waals surface area contributed by atoms with E-state index in [0.717, 1.165) is 50.3 Å². The van der Waals surface area contributed by atoms with Crippen molar-refractivity contribution in [2.24, 2.45) is 5.92 Å². The second kappa shape index (κ2) is 8.24. The van der Waals surface area contributed by atoms with Crippen molar-refractivity contribution in [3.05, 3.63) is 30.1 Å². The van der Waals surface area contributed by atoms with Gasteiger partial charge in [-0.2, -0.15) is 0 Å². The van der Waals surface area contributed by atoms with Gasteiger partial charge in [-0.1, -0.05) is 32.1 Å². The Labute approximate surface area is 156 Å². The maximum atomic E-state index is 12.6. The SMILES string of the molecule is O=C(CCCC1CCCCC1)N1CCC(c2c[nH]c3ncccc23)CC1. The predicted octanol–water partition coefficient (Wildman–Crippen LogP) is 5.02. The van der Waals surface area contributed by atoms with Gasteiger partial charge in [-0.3, -0.25) is 4.79 Å². The van der Waals surface area contributed by atoms with E-state index in [0.29, 0.717) is 11.8 Å². The van der Waals surface area contributed by atoms with Gasteiger partial charge in [0.2, 0.25) is 5.91 Å². The van der Waals surface area contributed by atoms with Crippen LogP contribution < -0.4 is 0 Å². The highest BCUT2D eigenvalue weighted by atomic mass is 16.2. The number of H-pyrrole nitrogens is 1. The van der Waals surface area contributed by atoms with Crippen LogP contribution in [0.15, 0.2) is 24.5 Å². The molecule has 3 heterocycles. The Hall–Kier alpha value is -1.84. The number of piperidine rings is 1. The predicted molar refractivity (Wildman–Crippen MR) is 105 cm³/mol. The van der Waals surface area contributed by atoms with Crippen molar-refractivity contribution in [2.45, 2.75) is 70.1 Å². The smallest absolute Gasteiger partial charge is 0.222 e. The molecule has 0 aromatic carbocycles. The number of rotatable bonds is 5. The summed E-state index contributed by atoms with van der Waals surface area (Å²) in [4.78, 5) is 22.3. The second-order valence-electron chi connectivity index (χ2n) is 8.19. The Morgan fingerprint density at radius 2 is 1.96 bits per heavy atom. The number of aromatic amines is 1. The molecule has 140 valence electrons. The van der Waals surface area contributed by atoms with Crippen LogP contribution in [-0.4, -0.2) is 33.9 Å². The normalized spacial score (nSPS) is 19.9. The fraction of sp³-hybridized carbons (Fsp3) is 0.636. The third-order valence-electron chi connectivity index (χ3n) is 6.50. The van der Waals surface area contributed by atoms with Gasteiger partial charge in [0.05, 0.1) is 0 Å². The highest BCUT2D eigenvalue weighted by Crippen LogP contribution is 2.33. The van der Waals surface area contributed by atoms with Crippen LogP contribution in [0.4, 0.5) is 0 Å². The summed E-state index contributed by atoms with van der Waals surface area (Å²) in [7, 11) is 0. The Morgan fingerprint density at radius 3 is 2.77 bits per heavy atom. The summed E-state index contributed by atoms with van der Waals surface area (Å²) >= 11 is 0. The zero-order valence-corrected chi connectivity index (χ0v) is 15.8. The summed E-state index contributed by atoms with van der Waals surface area (Å²) < 4.78 is 0. The van der Waals surface area contributed by atoms with E-state index in [9.17, 15) is 4.79 Å². The number of likely N-dealkylation sites (tertiary alicyclic amines) is 1. The van der Waals surface area contributed by atoms with Crippen molar-refractivity contribution in [3.63, 3.8) is 0 Å². The maximum Gasteiger partial charge on any atom is 0.222 e. The molecular formula is C22H31N3O. The van der Waals surface area contributed by atoms with E-state index in [1.54, 1.807) is 0 Å². The highest BCUT2D eigenvalue weighted by molar-refractivity contribution is 5.80. The molecule has 1 amide bonds. The quantitative estimate of drug-likeness (QED) is 0.820. The van der Waals surface area contributed by atoms with Crippen LogP contribution in [0.25, 0.3) is 11.0 Å². The summed E-state index contributed by atoms with van der Waals surface area (Å²) in [6.45, 7) is 1.81. The molecule has 2 aliphatic rings. The second-order valence-corrected chi connectivity index (χ2v) is 8.19. The first-order chi connectivity index (χ1) is 12.8. The van der Waals surface area contributed by atoms with Crippen molar-refractivity contribution < 1.29 is 4.79 Å². The van der Waals surface area contributed by atoms with Gasteiger partial charge in [0.15, 0.2) is 0 Å². The van der Waals surface area contributed by atoms with E-state index in [4.69, 9.17) is 0 Å². The molecule has 4 nitrogen and oxygen atoms in total. The van der Waals surface area contributed by atoms with Crippen molar-refractivity contribution in [3.8, 4) is 0 Å². The summed E-state index contributed by atoms with van der Waals surface area (Å²) in [6.07, 6.45) is 16.1. The van der Waals surface area contributed by atoms with Crippen LogP contribution in [0.1, 0.15) is 75.7 Å². The minimum Gasteiger partial charge on any atom is -0.346 e. The van der Waals surface area contributed by atoms with Crippen LogP contribution >= 0.6 is 0 Å². The molecule has 0 spiro atoms. The molecule has 2 aromatic rings. The lowest BCUT2D eigenvalue weighted by Crippen LogP contribution is -2.37. The molecule has 1 saturated carbocycles. The molecule has 0 atom stereocenters. The lowest BCUT2D eigenvalue weighted by Gasteiger charge is -2.32. The number of carbonyl (C=O) groups excluding carboxylic acids is 1. The van der Waals surface area contributed by atoms with Crippen LogP contribution in [0.5, 0.6) is 0 Å². The lowest BCUT2D eigenvalue weighted by molar-refractivity contribution is -0.132. The van der Waals surface area contributed by atoms with E-state index < -0.39 is 0 Å². The molecule has 0 unspecified atom stereocenters. The third-order valence-corrected chi connectivity index (χ3v) is 6.50. The Kier molecular flexibility index (Phi) is 5.57. The monoisotopic (exact) mass is 353 g/mol. The fourth-order valence-corrected chi connectivity index (χ4v) is 4.93. The number of hydrogen-bond acceptors (Lipinski definition) is 2. The number of carbonyl (C=O) groups is 1. The van der Waals surface area contributed by atoms with E-state index >= 15 is 0 Å². The largest absolute Gasteiger partial charge is 0.346 e. The molecular weight excluding hydrogens is 322 g/mol. The average molecular weight is 354 g/mol. The van der Waals surface area contributed by atoms with Crippen LogP contribution in [0.3, 0.4) is 0 Å². The van der Waals surface area contributed by atoms with Gasteiger partial charge in [-0.15, -0.1) is 0 Å². The van der Waals surface area contributed by atoms with Gasteiger partial charge in [0.1, 0.15) is 5.65 Å². The minimum atomic E-state index is 0.375. The van der Waals surface area contributed by atoms with E-state index in [1.165, 1.54) is 49.5 Å². The van der Waals surface area contributed by atoms with Crippen LogP contribution in [0.2, 0.25) is 0 Å². The first kappa shape index (κ1) is 17.6. The van der Waals surface area contributed by atoms with Gasteiger partial charge in [0.25, 0.3) is 0 Å². The molecule has 2 aromatic heterocycles. The highest BCUT2D eigenvalue weighted by Gasteiger charge is 2.25. The molecule has 1 aliphatic heterocycles. The molecule has 0 radical (unpaired) electrons. The van der Waals surface area contributed by atoms with Gasteiger partial charge in [-0.25, -0.2) is 4.98 Å². The van der Waals surface area contributed by atoms with Crippen molar-refractivity contribution in [1.29, 1.82) is 0 Å². The van der Waals surface area contributed by atoms with Crippen molar-refractivity contribution >= 4 is 16.9 Å². The van der Waals surface area contributed by atoms with Gasteiger partial charge < -0.3 is 9.88 Å². The number of nitrogens with zero attached hydrogens (tertiary/aromatic N) is 2. The van der Waals surface area contributed by atoms with Gasteiger partial charge >= 0.3 is 0 Å². The number of amides is 1. The lowest BCUT2D eigenvalue weighted by atomic mass is 9.85. The number of pyridine rings is 1. The first-order valence-corrected chi connectivity index (χ1v) is 10.5. The number of nitrogens with one attached hydrogen (secondary N) is 1. The van der Waals surface area contributed by atoms with Crippen molar-refractivity contribution in [2.75, 3.05) is 13.1 Å². The summed E-state index contributed by atoms with van der Waals surface area (Å²) in [6, 6.07) is 4.15. The minimum absolute atomic E-state index is 0.375. The van der Waals surface area contributed by atoms with Crippen LogP contribution in [-0.2, 0) is 4.79 Å².